The Labute approximate surface area is 140 Å². The summed E-state index contributed by atoms with van der Waals surface area (Å²) >= 11 is 1.37. The molecular formula is C18H19N3OS. The molecule has 0 spiro atoms. The number of nitrogens with two attached hydrogens (primary N) is 1. The van der Waals surface area contributed by atoms with Gasteiger partial charge in [-0.3, -0.25) is 4.79 Å². The lowest BCUT2D eigenvalue weighted by atomic mass is 9.86. The van der Waals surface area contributed by atoms with E-state index < -0.39 is 0 Å². The Morgan fingerprint density at radius 2 is 1.96 bits per heavy atom. The second-order valence-corrected chi connectivity index (χ2v) is 7.08. The van der Waals surface area contributed by atoms with E-state index in [2.05, 4.69) is 11.4 Å². The minimum absolute atomic E-state index is 0.135. The van der Waals surface area contributed by atoms with Gasteiger partial charge in [0.25, 0.3) is 0 Å². The SMILES string of the molecule is CC(C)(C)c1csc(NC(=O)/C=C/c2ccc(N)cc2)c1C#N. The topological polar surface area (TPSA) is 78.9 Å². The predicted molar refractivity (Wildman–Crippen MR) is 96.3 cm³/mol. The fraction of sp³-hybridized carbons (Fsp3) is 0.222. The first kappa shape index (κ1) is 16.8. The van der Waals surface area contributed by atoms with Gasteiger partial charge in [-0.1, -0.05) is 32.9 Å². The third kappa shape index (κ3) is 4.21. The number of rotatable bonds is 3. The maximum atomic E-state index is 12.1. The van der Waals surface area contributed by atoms with Crippen LogP contribution in [0.3, 0.4) is 0 Å². The molecule has 2 aromatic rings. The average Bonchev–Trinajstić information content (AvgIpc) is 2.89. The Kier molecular flexibility index (Phi) is 4.87. The third-order valence-corrected chi connectivity index (χ3v) is 4.21. The number of nitriles is 1. The summed E-state index contributed by atoms with van der Waals surface area (Å²) in [4.78, 5) is 12.1. The van der Waals surface area contributed by atoms with Crippen LogP contribution in [0.15, 0.2) is 35.7 Å². The van der Waals surface area contributed by atoms with Crippen LogP contribution in [0.2, 0.25) is 0 Å². The van der Waals surface area contributed by atoms with Crippen LogP contribution < -0.4 is 11.1 Å². The number of thiophene rings is 1. The molecule has 23 heavy (non-hydrogen) atoms. The molecule has 0 saturated carbocycles. The molecule has 0 unspecified atom stereocenters. The average molecular weight is 325 g/mol. The number of carbonyl (C=O) groups is 1. The van der Waals surface area contributed by atoms with Crippen molar-refractivity contribution in [2.45, 2.75) is 26.2 Å². The Hall–Kier alpha value is -2.58. The molecule has 3 N–H and O–H groups in total. The molecule has 0 atom stereocenters. The Morgan fingerprint density at radius 3 is 2.52 bits per heavy atom. The molecule has 1 aromatic carbocycles. The van der Waals surface area contributed by atoms with Crippen molar-refractivity contribution < 1.29 is 4.79 Å². The maximum absolute atomic E-state index is 12.1. The van der Waals surface area contributed by atoms with Gasteiger partial charge in [0.05, 0.1) is 5.56 Å². The number of amides is 1. The molecule has 0 aliphatic heterocycles. The van der Waals surface area contributed by atoms with Gasteiger partial charge in [-0.15, -0.1) is 11.3 Å². The molecular weight excluding hydrogens is 306 g/mol. The lowest BCUT2D eigenvalue weighted by Crippen LogP contribution is -2.13. The smallest absolute Gasteiger partial charge is 0.249 e. The molecule has 0 saturated heterocycles. The van der Waals surface area contributed by atoms with E-state index in [9.17, 15) is 10.1 Å². The molecule has 5 heteroatoms. The van der Waals surface area contributed by atoms with Crippen molar-refractivity contribution in [1.82, 2.24) is 0 Å². The Bertz CT molecular complexity index is 774. The fourth-order valence-corrected chi connectivity index (χ4v) is 3.19. The van der Waals surface area contributed by atoms with E-state index in [1.807, 2.05) is 38.3 Å². The first-order valence-corrected chi connectivity index (χ1v) is 8.06. The summed E-state index contributed by atoms with van der Waals surface area (Å²) in [6.07, 6.45) is 3.16. The van der Waals surface area contributed by atoms with Crippen LogP contribution in [-0.2, 0) is 10.2 Å². The minimum atomic E-state index is -0.263. The van der Waals surface area contributed by atoms with E-state index in [0.29, 0.717) is 16.3 Å². The standard InChI is InChI=1S/C18H19N3OS/c1-18(2,3)15-11-23-17(14(15)10-19)21-16(22)9-6-12-4-7-13(20)8-5-12/h4-9,11H,20H2,1-3H3,(H,21,22)/b9-6+. The highest BCUT2D eigenvalue weighted by molar-refractivity contribution is 7.14. The summed E-state index contributed by atoms with van der Waals surface area (Å²) in [7, 11) is 0. The van der Waals surface area contributed by atoms with Crippen LogP contribution in [0.25, 0.3) is 6.08 Å². The van der Waals surface area contributed by atoms with E-state index >= 15 is 0 Å². The molecule has 118 valence electrons. The zero-order valence-electron chi connectivity index (χ0n) is 13.4. The highest BCUT2D eigenvalue weighted by atomic mass is 32.1. The van der Waals surface area contributed by atoms with E-state index in [1.165, 1.54) is 17.4 Å². The number of nitrogen functional groups attached to an aromatic ring is 1. The minimum Gasteiger partial charge on any atom is -0.399 e. The van der Waals surface area contributed by atoms with Gasteiger partial charge in [-0.2, -0.15) is 5.26 Å². The number of hydrogen-bond acceptors (Lipinski definition) is 4. The molecule has 0 aliphatic carbocycles. The van der Waals surface area contributed by atoms with Crippen molar-refractivity contribution in [2.75, 3.05) is 11.1 Å². The Balaban J connectivity index is 2.13. The molecule has 2 rings (SSSR count). The Morgan fingerprint density at radius 1 is 1.30 bits per heavy atom. The second-order valence-electron chi connectivity index (χ2n) is 6.20. The number of nitrogens with zero attached hydrogens (tertiary/aromatic N) is 1. The van der Waals surface area contributed by atoms with Crippen molar-refractivity contribution in [1.29, 1.82) is 5.26 Å². The van der Waals surface area contributed by atoms with Crippen LogP contribution in [0, 0.1) is 11.3 Å². The molecule has 0 bridgehead atoms. The van der Waals surface area contributed by atoms with Crippen molar-refractivity contribution in [3.05, 3.63) is 52.4 Å². The van der Waals surface area contributed by atoms with E-state index in [4.69, 9.17) is 5.73 Å². The summed E-state index contributed by atoms with van der Waals surface area (Å²) < 4.78 is 0. The lowest BCUT2D eigenvalue weighted by Gasteiger charge is -2.17. The largest absolute Gasteiger partial charge is 0.399 e. The molecule has 0 radical (unpaired) electrons. The number of carbonyl (C=O) groups excluding carboxylic acids is 1. The summed E-state index contributed by atoms with van der Waals surface area (Å²) in [6, 6.07) is 9.42. The summed E-state index contributed by atoms with van der Waals surface area (Å²) in [5, 5.41) is 14.7. The predicted octanol–water partition coefficient (Wildman–Crippen LogP) is 4.15. The zero-order chi connectivity index (χ0) is 17.0. The quantitative estimate of drug-likeness (QED) is 0.657. The van der Waals surface area contributed by atoms with Gasteiger partial charge >= 0.3 is 0 Å². The van der Waals surface area contributed by atoms with Crippen LogP contribution in [0.1, 0.15) is 37.5 Å². The van der Waals surface area contributed by atoms with E-state index in [0.717, 1.165) is 11.1 Å². The zero-order valence-corrected chi connectivity index (χ0v) is 14.2. The van der Waals surface area contributed by atoms with Gasteiger partial charge in [-0.25, -0.2) is 0 Å². The van der Waals surface area contributed by atoms with Gasteiger partial charge in [-0.05, 0) is 40.1 Å². The number of hydrogen-bond donors (Lipinski definition) is 2. The van der Waals surface area contributed by atoms with Gasteiger partial charge in [0.15, 0.2) is 0 Å². The van der Waals surface area contributed by atoms with E-state index in [1.54, 1.807) is 18.2 Å². The fourth-order valence-electron chi connectivity index (χ4n) is 2.05. The highest BCUT2D eigenvalue weighted by Crippen LogP contribution is 2.35. The van der Waals surface area contributed by atoms with Crippen LogP contribution in [-0.4, -0.2) is 5.91 Å². The highest BCUT2D eigenvalue weighted by Gasteiger charge is 2.22. The van der Waals surface area contributed by atoms with Crippen LogP contribution in [0.5, 0.6) is 0 Å². The van der Waals surface area contributed by atoms with Crippen molar-refractivity contribution >= 4 is 34.0 Å². The number of benzene rings is 1. The third-order valence-electron chi connectivity index (χ3n) is 3.31. The van der Waals surface area contributed by atoms with Crippen molar-refractivity contribution in [3.63, 3.8) is 0 Å². The summed E-state index contributed by atoms with van der Waals surface area (Å²) in [6.45, 7) is 6.13. The molecule has 0 aliphatic rings. The van der Waals surface area contributed by atoms with Crippen molar-refractivity contribution in [3.8, 4) is 6.07 Å². The lowest BCUT2D eigenvalue weighted by molar-refractivity contribution is -0.111. The normalized spacial score (nSPS) is 11.4. The van der Waals surface area contributed by atoms with E-state index in [-0.39, 0.29) is 11.3 Å². The number of anilines is 2. The van der Waals surface area contributed by atoms with Crippen LogP contribution >= 0.6 is 11.3 Å². The van der Waals surface area contributed by atoms with Gasteiger partial charge < -0.3 is 11.1 Å². The number of nitrogens with one attached hydrogen (secondary N) is 1. The molecule has 1 aromatic heterocycles. The van der Waals surface area contributed by atoms with Gasteiger partial charge in [0.1, 0.15) is 11.1 Å². The monoisotopic (exact) mass is 325 g/mol. The maximum Gasteiger partial charge on any atom is 0.249 e. The molecule has 1 amide bonds. The molecule has 4 nitrogen and oxygen atoms in total. The van der Waals surface area contributed by atoms with Gasteiger partial charge in [0.2, 0.25) is 5.91 Å². The summed E-state index contributed by atoms with van der Waals surface area (Å²) in [5.41, 5.74) is 8.54. The molecule has 0 fully saturated rings. The molecule has 1 heterocycles. The van der Waals surface area contributed by atoms with Crippen molar-refractivity contribution in [2.24, 2.45) is 0 Å². The van der Waals surface area contributed by atoms with Gasteiger partial charge in [0, 0.05) is 11.8 Å². The first-order valence-electron chi connectivity index (χ1n) is 7.18. The summed E-state index contributed by atoms with van der Waals surface area (Å²) in [5.74, 6) is -0.263. The first-order chi connectivity index (χ1) is 10.8. The second kappa shape index (κ2) is 6.67. The van der Waals surface area contributed by atoms with Crippen LogP contribution in [0.4, 0.5) is 10.7 Å².